The highest BCUT2D eigenvalue weighted by atomic mass is 35.5. The standard InChI is InChI=1S/C14H19N5O.ClH/c1-10-4-6-11(7-5-10)19-8-12(17-18-19)13(20)16-9-14(2,3)15;/h4-8H,9,15H2,1-3H3,(H,16,20);1H. The number of rotatable bonds is 4. The molecule has 2 rings (SSSR count). The van der Waals surface area contributed by atoms with Crippen LogP contribution >= 0.6 is 12.4 Å². The number of benzene rings is 1. The van der Waals surface area contributed by atoms with Gasteiger partial charge in [-0.2, -0.15) is 0 Å². The predicted octanol–water partition coefficient (Wildman–Crippen LogP) is 1.46. The van der Waals surface area contributed by atoms with E-state index in [0.29, 0.717) is 6.54 Å². The maximum Gasteiger partial charge on any atom is 0.273 e. The number of aromatic nitrogens is 3. The van der Waals surface area contributed by atoms with E-state index in [1.54, 1.807) is 10.9 Å². The molecule has 0 aliphatic heterocycles. The van der Waals surface area contributed by atoms with Crippen molar-refractivity contribution in [3.8, 4) is 5.69 Å². The van der Waals surface area contributed by atoms with Crippen LogP contribution in [0.4, 0.5) is 0 Å². The first-order chi connectivity index (χ1) is 9.35. The fourth-order valence-corrected chi connectivity index (χ4v) is 1.59. The lowest BCUT2D eigenvalue weighted by molar-refractivity contribution is 0.0941. The lowest BCUT2D eigenvalue weighted by Crippen LogP contribution is -2.45. The Balaban J connectivity index is 0.00000220. The van der Waals surface area contributed by atoms with Crippen LogP contribution in [-0.2, 0) is 0 Å². The number of aryl methyl sites for hydroxylation is 1. The van der Waals surface area contributed by atoms with Crippen LogP contribution in [0.3, 0.4) is 0 Å². The fourth-order valence-electron chi connectivity index (χ4n) is 1.59. The highest BCUT2D eigenvalue weighted by Crippen LogP contribution is 2.08. The Morgan fingerprint density at radius 2 is 1.95 bits per heavy atom. The highest BCUT2D eigenvalue weighted by molar-refractivity contribution is 5.91. The molecule has 0 spiro atoms. The number of nitrogens with one attached hydrogen (secondary N) is 1. The first kappa shape index (κ1) is 17.1. The Kier molecular flexibility index (Phi) is 5.46. The molecule has 1 aromatic carbocycles. The van der Waals surface area contributed by atoms with Gasteiger partial charge in [-0.05, 0) is 32.9 Å². The summed E-state index contributed by atoms with van der Waals surface area (Å²) < 4.78 is 1.57. The zero-order chi connectivity index (χ0) is 14.8. The van der Waals surface area contributed by atoms with Crippen LogP contribution in [-0.4, -0.2) is 33.0 Å². The summed E-state index contributed by atoms with van der Waals surface area (Å²) in [5, 5.41) is 10.6. The quantitative estimate of drug-likeness (QED) is 0.895. The van der Waals surface area contributed by atoms with Gasteiger partial charge in [0.25, 0.3) is 5.91 Å². The van der Waals surface area contributed by atoms with Crippen LogP contribution in [0, 0.1) is 6.92 Å². The molecule has 1 heterocycles. The van der Waals surface area contributed by atoms with Crippen LogP contribution in [0.15, 0.2) is 30.5 Å². The molecule has 0 fully saturated rings. The summed E-state index contributed by atoms with van der Waals surface area (Å²) in [6.07, 6.45) is 1.60. The molecule has 0 aliphatic carbocycles. The van der Waals surface area contributed by atoms with Crippen molar-refractivity contribution in [1.29, 1.82) is 0 Å². The second-order valence-corrected chi connectivity index (χ2v) is 5.56. The van der Waals surface area contributed by atoms with Gasteiger partial charge in [-0.15, -0.1) is 17.5 Å². The molecule has 0 bridgehead atoms. The van der Waals surface area contributed by atoms with Gasteiger partial charge in [0.05, 0.1) is 11.9 Å². The molecule has 2 aromatic rings. The molecule has 21 heavy (non-hydrogen) atoms. The number of hydrogen-bond donors (Lipinski definition) is 2. The predicted molar refractivity (Wildman–Crippen MR) is 83.9 cm³/mol. The van der Waals surface area contributed by atoms with E-state index < -0.39 is 5.54 Å². The summed E-state index contributed by atoms with van der Waals surface area (Å²) in [6.45, 7) is 6.08. The molecule has 3 N–H and O–H groups in total. The summed E-state index contributed by atoms with van der Waals surface area (Å²) in [5.41, 5.74) is 7.66. The largest absolute Gasteiger partial charge is 0.349 e. The van der Waals surface area contributed by atoms with Crippen molar-refractivity contribution in [2.45, 2.75) is 26.3 Å². The van der Waals surface area contributed by atoms with Crippen molar-refractivity contribution in [2.24, 2.45) is 5.73 Å². The van der Waals surface area contributed by atoms with Gasteiger partial charge >= 0.3 is 0 Å². The molecule has 7 heteroatoms. The van der Waals surface area contributed by atoms with E-state index in [1.807, 2.05) is 45.0 Å². The van der Waals surface area contributed by atoms with Crippen LogP contribution < -0.4 is 11.1 Å². The topological polar surface area (TPSA) is 85.8 Å². The molecule has 1 aromatic heterocycles. The van der Waals surface area contributed by atoms with E-state index in [-0.39, 0.29) is 24.0 Å². The number of carbonyl (C=O) groups excluding carboxylic acids is 1. The second-order valence-electron chi connectivity index (χ2n) is 5.56. The SMILES string of the molecule is Cc1ccc(-n2cc(C(=O)NCC(C)(C)N)nn2)cc1.Cl. The van der Waals surface area contributed by atoms with Crippen LogP contribution in [0.2, 0.25) is 0 Å². The van der Waals surface area contributed by atoms with Crippen LogP contribution in [0.1, 0.15) is 29.9 Å². The van der Waals surface area contributed by atoms with Gasteiger partial charge in [0.1, 0.15) is 0 Å². The number of carbonyl (C=O) groups is 1. The second kappa shape index (κ2) is 6.69. The molecule has 6 nitrogen and oxygen atoms in total. The molecule has 0 saturated heterocycles. The van der Waals surface area contributed by atoms with Crippen molar-refractivity contribution >= 4 is 18.3 Å². The van der Waals surface area contributed by atoms with Gasteiger partial charge in [-0.1, -0.05) is 22.9 Å². The van der Waals surface area contributed by atoms with Crippen LogP contribution in [0.25, 0.3) is 5.69 Å². The number of hydrogen-bond acceptors (Lipinski definition) is 4. The number of nitrogens with two attached hydrogens (primary N) is 1. The molecular weight excluding hydrogens is 290 g/mol. The molecule has 114 valence electrons. The molecule has 0 radical (unpaired) electrons. The molecule has 0 unspecified atom stereocenters. The average molecular weight is 310 g/mol. The maximum absolute atomic E-state index is 11.9. The third-order valence-corrected chi connectivity index (χ3v) is 2.73. The lowest BCUT2D eigenvalue weighted by atomic mass is 10.1. The lowest BCUT2D eigenvalue weighted by Gasteiger charge is -2.18. The normalized spacial score (nSPS) is 10.9. The smallest absolute Gasteiger partial charge is 0.273 e. The fraction of sp³-hybridized carbons (Fsp3) is 0.357. The summed E-state index contributed by atoms with van der Waals surface area (Å²) >= 11 is 0. The van der Waals surface area contributed by atoms with E-state index in [0.717, 1.165) is 11.3 Å². The van der Waals surface area contributed by atoms with Crippen molar-refractivity contribution < 1.29 is 4.79 Å². The van der Waals surface area contributed by atoms with Crippen LogP contribution in [0.5, 0.6) is 0 Å². The van der Waals surface area contributed by atoms with Crippen molar-refractivity contribution in [3.63, 3.8) is 0 Å². The van der Waals surface area contributed by atoms with Gasteiger partial charge in [-0.3, -0.25) is 4.79 Å². The van der Waals surface area contributed by atoms with Gasteiger partial charge < -0.3 is 11.1 Å². The zero-order valence-electron chi connectivity index (χ0n) is 12.3. The third kappa shape index (κ3) is 4.84. The van der Waals surface area contributed by atoms with Crippen molar-refractivity contribution in [2.75, 3.05) is 6.54 Å². The Labute approximate surface area is 130 Å². The first-order valence-corrected chi connectivity index (χ1v) is 6.42. The van der Waals surface area contributed by atoms with E-state index in [2.05, 4.69) is 15.6 Å². The van der Waals surface area contributed by atoms with Crippen molar-refractivity contribution in [1.82, 2.24) is 20.3 Å². The van der Waals surface area contributed by atoms with E-state index in [4.69, 9.17) is 5.73 Å². The molecule has 1 amide bonds. The number of amides is 1. The summed E-state index contributed by atoms with van der Waals surface area (Å²) in [6, 6.07) is 7.81. The monoisotopic (exact) mass is 309 g/mol. The molecule has 0 saturated carbocycles. The average Bonchev–Trinajstić information content (AvgIpc) is 2.85. The zero-order valence-corrected chi connectivity index (χ0v) is 13.1. The summed E-state index contributed by atoms with van der Waals surface area (Å²) in [7, 11) is 0. The minimum atomic E-state index is -0.456. The number of nitrogens with zero attached hydrogens (tertiary/aromatic N) is 3. The minimum Gasteiger partial charge on any atom is -0.349 e. The van der Waals surface area contributed by atoms with E-state index in [1.165, 1.54) is 0 Å². The Bertz CT molecular complexity index is 601. The van der Waals surface area contributed by atoms with Gasteiger partial charge in [0.15, 0.2) is 5.69 Å². The third-order valence-electron chi connectivity index (χ3n) is 2.73. The Morgan fingerprint density at radius 1 is 1.33 bits per heavy atom. The summed E-state index contributed by atoms with van der Waals surface area (Å²) in [4.78, 5) is 11.9. The molecule has 0 aliphatic rings. The van der Waals surface area contributed by atoms with Gasteiger partial charge in [-0.25, -0.2) is 4.68 Å². The van der Waals surface area contributed by atoms with Crippen molar-refractivity contribution in [3.05, 3.63) is 41.7 Å². The number of halogens is 1. The van der Waals surface area contributed by atoms with E-state index in [9.17, 15) is 4.79 Å². The summed E-state index contributed by atoms with van der Waals surface area (Å²) in [5.74, 6) is -0.276. The Morgan fingerprint density at radius 3 is 2.52 bits per heavy atom. The minimum absolute atomic E-state index is 0. The maximum atomic E-state index is 11.9. The molecule has 0 atom stereocenters. The van der Waals surface area contributed by atoms with Gasteiger partial charge in [0.2, 0.25) is 0 Å². The first-order valence-electron chi connectivity index (χ1n) is 6.42. The van der Waals surface area contributed by atoms with Gasteiger partial charge in [0, 0.05) is 12.1 Å². The molecular formula is C14H20ClN5O. The van der Waals surface area contributed by atoms with E-state index >= 15 is 0 Å². The highest BCUT2D eigenvalue weighted by Gasteiger charge is 2.15. The Hall–Kier alpha value is -1.92.